The number of para-hydroxylation sites is 1. The topological polar surface area (TPSA) is 50.4 Å². The highest BCUT2D eigenvalue weighted by molar-refractivity contribution is 5.76. The summed E-state index contributed by atoms with van der Waals surface area (Å²) >= 11 is 0. The molecule has 4 fully saturated rings. The van der Waals surface area contributed by atoms with Gasteiger partial charge in [-0.05, 0) is 55.1 Å². The third-order valence-corrected chi connectivity index (χ3v) is 6.18. The molecular weight excluding hydrogens is 264 g/mol. The van der Waals surface area contributed by atoms with Crippen LogP contribution >= 0.6 is 0 Å². The fraction of sp³-hybridized carbons (Fsp3) is 0.500. The van der Waals surface area contributed by atoms with Crippen LogP contribution in [0.25, 0.3) is 11.0 Å². The predicted molar refractivity (Wildman–Crippen MR) is 79.0 cm³/mol. The predicted octanol–water partition coefficient (Wildman–Crippen LogP) is 2.91. The van der Waals surface area contributed by atoms with Crippen LogP contribution in [-0.2, 0) is 0 Å². The minimum Gasteiger partial charge on any atom is -0.460 e. The van der Waals surface area contributed by atoms with Crippen LogP contribution in [0.2, 0.25) is 0 Å². The number of hydrogen-bond donors (Lipinski definition) is 1. The number of rotatable bonds is 1. The first-order valence-corrected chi connectivity index (χ1v) is 7.93. The maximum Gasteiger partial charge on any atom is 0.192 e. The smallest absolute Gasteiger partial charge is 0.192 e. The zero-order chi connectivity index (χ0) is 14.1. The highest BCUT2D eigenvalue weighted by Gasteiger charge is 2.59. The van der Waals surface area contributed by atoms with Crippen molar-refractivity contribution in [1.82, 2.24) is 0 Å². The molecule has 108 valence electrons. The Morgan fingerprint density at radius 3 is 2.76 bits per heavy atom. The van der Waals surface area contributed by atoms with E-state index in [1.165, 1.54) is 0 Å². The molecule has 21 heavy (non-hydrogen) atoms. The van der Waals surface area contributed by atoms with Crippen LogP contribution in [0.1, 0.15) is 30.9 Å². The molecule has 0 saturated heterocycles. The quantitative estimate of drug-likeness (QED) is 0.875. The third kappa shape index (κ3) is 1.50. The highest BCUT2D eigenvalue weighted by Crippen LogP contribution is 2.64. The van der Waals surface area contributed by atoms with Crippen LogP contribution in [0, 0.1) is 23.7 Å². The fourth-order valence-corrected chi connectivity index (χ4v) is 5.44. The summed E-state index contributed by atoms with van der Waals surface area (Å²) < 4.78 is 6.08. The Balaban J connectivity index is 1.64. The molecule has 4 aliphatic carbocycles. The van der Waals surface area contributed by atoms with Crippen molar-refractivity contribution in [2.75, 3.05) is 0 Å². The van der Waals surface area contributed by atoms with Gasteiger partial charge in [0.1, 0.15) is 11.3 Å². The van der Waals surface area contributed by atoms with Crippen LogP contribution < -0.4 is 5.43 Å². The van der Waals surface area contributed by atoms with E-state index in [2.05, 4.69) is 0 Å². The van der Waals surface area contributed by atoms with Crippen molar-refractivity contribution >= 4 is 11.0 Å². The Morgan fingerprint density at radius 2 is 1.86 bits per heavy atom. The summed E-state index contributed by atoms with van der Waals surface area (Å²) in [7, 11) is 0. The van der Waals surface area contributed by atoms with E-state index in [1.807, 2.05) is 24.3 Å². The van der Waals surface area contributed by atoms with Crippen LogP contribution in [0.4, 0.5) is 0 Å². The molecule has 0 amide bonds. The van der Waals surface area contributed by atoms with Crippen molar-refractivity contribution in [3.63, 3.8) is 0 Å². The van der Waals surface area contributed by atoms with Crippen LogP contribution in [0.5, 0.6) is 0 Å². The Morgan fingerprint density at radius 1 is 1.05 bits per heavy atom. The molecule has 6 unspecified atom stereocenters. The number of fused-ring (bicyclic) bond motifs is 1. The van der Waals surface area contributed by atoms with Crippen molar-refractivity contribution < 1.29 is 9.52 Å². The Bertz CT molecular complexity index is 773. The second kappa shape index (κ2) is 3.98. The zero-order valence-electron chi connectivity index (χ0n) is 11.7. The van der Waals surface area contributed by atoms with Crippen molar-refractivity contribution in [2.45, 2.75) is 31.3 Å². The molecule has 3 heteroatoms. The molecular formula is C18H18O3. The number of hydrogen-bond acceptors (Lipinski definition) is 3. The first-order valence-electron chi connectivity index (χ1n) is 7.93. The molecule has 4 bridgehead atoms. The number of benzene rings is 1. The SMILES string of the molecule is O=c1cc(C2C3CC4CC2C(C3)C4O)oc2ccccc12. The standard InChI is InChI=1S/C18H18O3/c19-14-8-16(21-15-4-2-1-3-11(14)15)17-9-5-10-7-12(17)13(6-9)18(10)20/h1-4,8-10,12-13,17-18,20H,5-7H2. The Kier molecular flexibility index (Phi) is 2.27. The molecule has 3 nitrogen and oxygen atoms in total. The summed E-state index contributed by atoms with van der Waals surface area (Å²) in [5.41, 5.74) is 0.752. The second-order valence-corrected chi connectivity index (χ2v) is 7.08. The molecule has 6 rings (SSSR count). The normalized spacial score (nSPS) is 40.2. The molecule has 2 aromatic rings. The largest absolute Gasteiger partial charge is 0.460 e. The van der Waals surface area contributed by atoms with Gasteiger partial charge in [-0.15, -0.1) is 0 Å². The van der Waals surface area contributed by atoms with Gasteiger partial charge in [0.25, 0.3) is 0 Å². The summed E-state index contributed by atoms with van der Waals surface area (Å²) in [4.78, 5) is 12.3. The minimum absolute atomic E-state index is 0.0599. The molecule has 0 radical (unpaired) electrons. The summed E-state index contributed by atoms with van der Waals surface area (Å²) in [6, 6.07) is 9.17. The molecule has 1 N–H and O–H groups in total. The van der Waals surface area contributed by atoms with Gasteiger partial charge in [-0.2, -0.15) is 0 Å². The summed E-state index contributed by atoms with van der Waals surface area (Å²) in [5.74, 6) is 3.20. The van der Waals surface area contributed by atoms with Gasteiger partial charge in [-0.3, -0.25) is 4.79 Å². The lowest BCUT2D eigenvalue weighted by Crippen LogP contribution is -2.29. The maximum atomic E-state index is 12.3. The van der Waals surface area contributed by atoms with Gasteiger partial charge in [0.2, 0.25) is 0 Å². The van der Waals surface area contributed by atoms with E-state index >= 15 is 0 Å². The lowest BCUT2D eigenvalue weighted by atomic mass is 9.74. The molecule has 4 aliphatic rings. The molecule has 1 aromatic carbocycles. The van der Waals surface area contributed by atoms with Crippen LogP contribution in [0.15, 0.2) is 39.5 Å². The lowest BCUT2D eigenvalue weighted by Gasteiger charge is -2.32. The first kappa shape index (κ1) is 12.0. The molecule has 1 heterocycles. The van der Waals surface area contributed by atoms with Crippen LogP contribution in [0.3, 0.4) is 0 Å². The third-order valence-electron chi connectivity index (χ3n) is 6.18. The lowest BCUT2D eigenvalue weighted by molar-refractivity contribution is 0.0511. The number of aliphatic hydroxyl groups is 1. The van der Waals surface area contributed by atoms with E-state index < -0.39 is 0 Å². The van der Waals surface area contributed by atoms with E-state index in [9.17, 15) is 9.90 Å². The maximum absolute atomic E-state index is 12.3. The Labute approximate surface area is 122 Å². The van der Waals surface area contributed by atoms with Gasteiger partial charge in [-0.25, -0.2) is 0 Å². The number of aliphatic hydroxyl groups excluding tert-OH is 1. The molecule has 6 atom stereocenters. The monoisotopic (exact) mass is 282 g/mol. The summed E-state index contributed by atoms with van der Waals surface area (Å²) in [6.45, 7) is 0. The zero-order valence-corrected chi connectivity index (χ0v) is 11.7. The van der Waals surface area contributed by atoms with Crippen LogP contribution in [-0.4, -0.2) is 11.2 Å². The van der Waals surface area contributed by atoms with Crippen molar-refractivity contribution in [2.24, 2.45) is 23.7 Å². The summed E-state index contributed by atoms with van der Waals surface area (Å²) in [6.07, 6.45) is 3.17. The van der Waals surface area contributed by atoms with E-state index in [1.54, 1.807) is 6.07 Å². The van der Waals surface area contributed by atoms with Gasteiger partial charge >= 0.3 is 0 Å². The average Bonchev–Trinajstić information content (AvgIpc) is 2.86. The van der Waals surface area contributed by atoms with Gasteiger partial charge in [0, 0.05) is 12.0 Å². The molecule has 1 aromatic heterocycles. The van der Waals surface area contributed by atoms with E-state index in [4.69, 9.17) is 4.42 Å². The molecule has 0 spiro atoms. The Hall–Kier alpha value is -1.61. The van der Waals surface area contributed by atoms with Gasteiger partial charge < -0.3 is 9.52 Å². The van der Waals surface area contributed by atoms with Gasteiger partial charge in [-0.1, -0.05) is 12.1 Å². The van der Waals surface area contributed by atoms with E-state index in [-0.39, 0.29) is 11.5 Å². The van der Waals surface area contributed by atoms with E-state index in [0.29, 0.717) is 40.6 Å². The molecule has 4 saturated carbocycles. The fourth-order valence-electron chi connectivity index (χ4n) is 5.44. The van der Waals surface area contributed by atoms with Crippen molar-refractivity contribution in [3.8, 4) is 0 Å². The minimum atomic E-state index is -0.122. The second-order valence-electron chi connectivity index (χ2n) is 7.08. The van der Waals surface area contributed by atoms with Crippen molar-refractivity contribution in [3.05, 3.63) is 46.3 Å². The van der Waals surface area contributed by atoms with E-state index in [0.717, 1.165) is 25.0 Å². The summed E-state index contributed by atoms with van der Waals surface area (Å²) in [5, 5.41) is 11.0. The van der Waals surface area contributed by atoms with Gasteiger partial charge in [0.15, 0.2) is 5.43 Å². The first-order chi connectivity index (χ1) is 10.2. The molecule has 0 aliphatic heterocycles. The van der Waals surface area contributed by atoms with Gasteiger partial charge in [0.05, 0.1) is 11.5 Å². The average molecular weight is 282 g/mol. The van der Waals surface area contributed by atoms with Crippen molar-refractivity contribution in [1.29, 1.82) is 0 Å². The highest BCUT2D eigenvalue weighted by atomic mass is 16.3.